The predicted octanol–water partition coefficient (Wildman–Crippen LogP) is 2.38. The van der Waals surface area contributed by atoms with Crippen molar-refractivity contribution in [3.63, 3.8) is 0 Å². The molecular weight excluding hydrogens is 406 g/mol. The summed E-state index contributed by atoms with van der Waals surface area (Å²) in [6, 6.07) is 10.9. The van der Waals surface area contributed by atoms with Gasteiger partial charge in [-0.05, 0) is 42.8 Å². The maximum Gasteiger partial charge on any atom is 0.273 e. The molecule has 0 bridgehead atoms. The van der Waals surface area contributed by atoms with Crippen LogP contribution < -0.4 is 4.74 Å². The molecule has 0 atom stereocenters. The number of hydrogen-bond donors (Lipinski definition) is 0. The third kappa shape index (κ3) is 4.74. The predicted molar refractivity (Wildman–Crippen MR) is 107 cm³/mol. The Morgan fingerprint density at radius 2 is 1.55 bits per heavy atom. The topological polar surface area (TPSA) is 127 Å². The first-order valence-electron chi connectivity index (χ1n) is 9.41. The van der Waals surface area contributed by atoms with Crippen LogP contribution in [0, 0.1) is 10.1 Å². The molecule has 3 rings (SSSR count). The molecule has 10 nitrogen and oxygen atoms in total. The van der Waals surface area contributed by atoms with Gasteiger partial charge in [-0.2, -0.15) is 5.01 Å². The van der Waals surface area contributed by atoms with Crippen molar-refractivity contribution < 1.29 is 28.8 Å². The van der Waals surface area contributed by atoms with Gasteiger partial charge in [-0.25, -0.2) is 5.01 Å². The molecule has 1 heterocycles. The molecule has 1 aliphatic heterocycles. The van der Waals surface area contributed by atoms with Crippen molar-refractivity contribution in [2.75, 3.05) is 13.7 Å². The molecule has 0 radical (unpaired) electrons. The molecule has 160 valence electrons. The quantitative estimate of drug-likeness (QED) is 0.288. The van der Waals surface area contributed by atoms with Crippen molar-refractivity contribution in [1.82, 2.24) is 10.0 Å². The van der Waals surface area contributed by atoms with Crippen LogP contribution in [0.4, 0.5) is 5.69 Å². The zero-order valence-corrected chi connectivity index (χ0v) is 16.6. The van der Waals surface area contributed by atoms with E-state index in [0.717, 1.165) is 17.1 Å². The first-order valence-corrected chi connectivity index (χ1v) is 9.41. The number of nitrogens with zero attached hydrogens (tertiary/aromatic N) is 3. The Bertz CT molecular complexity index is 1020. The van der Waals surface area contributed by atoms with Crippen LogP contribution in [-0.4, -0.2) is 52.1 Å². The van der Waals surface area contributed by atoms with E-state index in [2.05, 4.69) is 0 Å². The van der Waals surface area contributed by atoms with Gasteiger partial charge >= 0.3 is 0 Å². The molecule has 1 saturated heterocycles. The molecule has 3 amide bonds. The highest BCUT2D eigenvalue weighted by Crippen LogP contribution is 2.20. The van der Waals surface area contributed by atoms with Crippen molar-refractivity contribution >= 4 is 29.2 Å². The average Bonchev–Trinajstić information content (AvgIpc) is 2.77. The molecule has 0 aromatic heterocycles. The van der Waals surface area contributed by atoms with Gasteiger partial charge in [0.15, 0.2) is 5.78 Å². The first-order chi connectivity index (χ1) is 14.8. The normalized spacial score (nSPS) is 13.6. The van der Waals surface area contributed by atoms with Gasteiger partial charge in [0.1, 0.15) is 12.3 Å². The number of rotatable bonds is 7. The number of benzene rings is 2. The van der Waals surface area contributed by atoms with E-state index in [-0.39, 0.29) is 29.7 Å². The van der Waals surface area contributed by atoms with E-state index in [1.54, 1.807) is 12.1 Å². The van der Waals surface area contributed by atoms with Gasteiger partial charge < -0.3 is 4.74 Å². The largest absolute Gasteiger partial charge is 0.497 e. The number of ether oxygens (including phenoxy) is 1. The van der Waals surface area contributed by atoms with Gasteiger partial charge in [-0.1, -0.05) is 0 Å². The molecule has 1 aliphatic rings. The summed E-state index contributed by atoms with van der Waals surface area (Å²) in [6.45, 7) is -0.556. The summed E-state index contributed by atoms with van der Waals surface area (Å²) >= 11 is 0. The number of ketones is 1. The molecule has 31 heavy (non-hydrogen) atoms. The number of piperidine rings is 1. The molecule has 0 saturated carbocycles. The molecule has 1 fully saturated rings. The number of imide groups is 1. The lowest BCUT2D eigenvalue weighted by Crippen LogP contribution is -2.56. The van der Waals surface area contributed by atoms with E-state index < -0.39 is 35.0 Å². The van der Waals surface area contributed by atoms with Gasteiger partial charge in [0.25, 0.3) is 11.6 Å². The Balaban J connectivity index is 1.92. The molecular formula is C21H19N3O7. The zero-order chi connectivity index (χ0) is 22.5. The van der Waals surface area contributed by atoms with Crippen LogP contribution in [-0.2, 0) is 9.59 Å². The van der Waals surface area contributed by atoms with Gasteiger partial charge in [0.2, 0.25) is 11.8 Å². The SMILES string of the molecule is COc1ccc(C(=O)CN(C(=O)c2ccc([N+](=O)[O-])cc2)N2C(=O)CCCC2=O)cc1. The molecule has 0 spiro atoms. The van der Waals surface area contributed by atoms with Gasteiger partial charge in [-0.3, -0.25) is 29.3 Å². The number of carbonyl (C=O) groups excluding carboxylic acids is 4. The number of hydrogen-bond acceptors (Lipinski definition) is 7. The molecule has 0 aliphatic carbocycles. The molecule has 10 heteroatoms. The third-order valence-electron chi connectivity index (χ3n) is 4.76. The van der Waals surface area contributed by atoms with E-state index in [0.29, 0.717) is 17.2 Å². The Morgan fingerprint density at radius 3 is 2.06 bits per heavy atom. The van der Waals surface area contributed by atoms with Gasteiger partial charge in [-0.15, -0.1) is 0 Å². The minimum absolute atomic E-state index is 0.000644. The fourth-order valence-corrected chi connectivity index (χ4v) is 3.12. The molecule has 0 N–H and O–H groups in total. The zero-order valence-electron chi connectivity index (χ0n) is 16.6. The summed E-state index contributed by atoms with van der Waals surface area (Å²) in [5, 5.41) is 12.4. The minimum atomic E-state index is -0.791. The summed E-state index contributed by atoms with van der Waals surface area (Å²) in [4.78, 5) is 61.0. The number of Topliss-reactive ketones (excluding diaryl/α,β-unsaturated/α-hetero) is 1. The summed E-state index contributed by atoms with van der Waals surface area (Å²) in [6.07, 6.45) is 0.485. The smallest absolute Gasteiger partial charge is 0.273 e. The van der Waals surface area contributed by atoms with Crippen LogP contribution in [0.1, 0.15) is 40.0 Å². The lowest BCUT2D eigenvalue weighted by atomic mass is 10.1. The number of methoxy groups -OCH3 is 1. The number of amides is 3. The summed E-state index contributed by atoms with van der Waals surface area (Å²) in [7, 11) is 1.48. The number of nitro benzene ring substituents is 1. The molecule has 2 aromatic carbocycles. The molecule has 0 unspecified atom stereocenters. The highest BCUT2D eigenvalue weighted by Gasteiger charge is 2.36. The lowest BCUT2D eigenvalue weighted by molar-refractivity contribution is -0.384. The van der Waals surface area contributed by atoms with Gasteiger partial charge in [0.05, 0.1) is 12.0 Å². The van der Waals surface area contributed by atoms with E-state index in [1.807, 2.05) is 0 Å². The Labute approximate surface area is 177 Å². The highest BCUT2D eigenvalue weighted by atomic mass is 16.6. The maximum absolute atomic E-state index is 13.1. The maximum atomic E-state index is 13.1. The second-order valence-corrected chi connectivity index (χ2v) is 6.77. The number of nitro groups is 1. The van der Waals surface area contributed by atoms with Crippen LogP contribution in [0.3, 0.4) is 0 Å². The van der Waals surface area contributed by atoms with E-state index >= 15 is 0 Å². The summed E-state index contributed by atoms with van der Waals surface area (Å²) < 4.78 is 5.05. The highest BCUT2D eigenvalue weighted by molar-refractivity contribution is 6.06. The van der Waals surface area contributed by atoms with E-state index in [4.69, 9.17) is 4.74 Å². The van der Waals surface area contributed by atoms with E-state index in [1.165, 1.54) is 31.4 Å². The van der Waals surface area contributed by atoms with Crippen molar-refractivity contribution in [2.45, 2.75) is 19.3 Å². The van der Waals surface area contributed by atoms with Gasteiger partial charge in [0, 0.05) is 36.1 Å². The monoisotopic (exact) mass is 425 g/mol. The summed E-state index contributed by atoms with van der Waals surface area (Å²) in [5.74, 6) is -1.93. The lowest BCUT2D eigenvalue weighted by Gasteiger charge is -2.35. The van der Waals surface area contributed by atoms with Crippen LogP contribution in [0.25, 0.3) is 0 Å². The summed E-state index contributed by atoms with van der Waals surface area (Å²) in [5.41, 5.74) is 0.0426. The fourth-order valence-electron chi connectivity index (χ4n) is 3.12. The third-order valence-corrected chi connectivity index (χ3v) is 4.76. The fraction of sp³-hybridized carbons (Fsp3) is 0.238. The number of carbonyl (C=O) groups is 4. The minimum Gasteiger partial charge on any atom is -0.497 e. The Kier molecular flexibility index (Phi) is 6.39. The van der Waals surface area contributed by atoms with E-state index in [9.17, 15) is 29.3 Å². The Hall–Kier alpha value is -4.08. The van der Waals surface area contributed by atoms with Crippen molar-refractivity contribution in [3.8, 4) is 5.75 Å². The van der Waals surface area contributed by atoms with Crippen LogP contribution in [0.5, 0.6) is 5.75 Å². The number of hydrazine groups is 1. The standard InChI is InChI=1S/C21H19N3O7/c1-31-17-11-7-14(8-12-17)18(25)13-22(23-19(26)3-2-4-20(23)27)21(28)15-5-9-16(10-6-15)24(29)30/h5-12H,2-4,13H2,1H3. The van der Waals surface area contributed by atoms with Crippen molar-refractivity contribution in [2.24, 2.45) is 0 Å². The van der Waals surface area contributed by atoms with Crippen molar-refractivity contribution in [3.05, 3.63) is 69.8 Å². The average molecular weight is 425 g/mol. The second-order valence-electron chi connectivity index (χ2n) is 6.77. The number of non-ortho nitro benzene ring substituents is 1. The second kappa shape index (κ2) is 9.16. The Morgan fingerprint density at radius 1 is 1.00 bits per heavy atom. The molecule has 2 aromatic rings. The van der Waals surface area contributed by atoms with Crippen LogP contribution >= 0.6 is 0 Å². The van der Waals surface area contributed by atoms with Crippen molar-refractivity contribution in [1.29, 1.82) is 0 Å². The van der Waals surface area contributed by atoms with Crippen LogP contribution in [0.2, 0.25) is 0 Å². The van der Waals surface area contributed by atoms with Crippen LogP contribution in [0.15, 0.2) is 48.5 Å². The first kappa shape index (κ1) is 21.6.